The van der Waals surface area contributed by atoms with Gasteiger partial charge in [-0.05, 0) is 26.8 Å². The van der Waals surface area contributed by atoms with Gasteiger partial charge in [-0.15, -0.1) is 0 Å². The number of carbonyl (C=O) groups excluding carboxylic acids is 1. The third kappa shape index (κ3) is 3.87. The Morgan fingerprint density at radius 2 is 2.08 bits per heavy atom. The van der Waals surface area contributed by atoms with E-state index in [9.17, 15) is 18.8 Å². The van der Waals surface area contributed by atoms with Crippen molar-refractivity contribution in [2.75, 3.05) is 6.61 Å². The number of hydrogen-bond acceptors (Lipinski definition) is 6. The van der Waals surface area contributed by atoms with E-state index in [1.165, 1.54) is 6.92 Å². The van der Waals surface area contributed by atoms with Gasteiger partial charge >= 0.3 is 11.7 Å². The summed E-state index contributed by atoms with van der Waals surface area (Å²) in [5.41, 5.74) is -3.27. The van der Waals surface area contributed by atoms with Gasteiger partial charge in [0.2, 0.25) is 5.69 Å². The van der Waals surface area contributed by atoms with Gasteiger partial charge in [-0.2, -0.15) is 5.10 Å². The first-order valence-corrected chi connectivity index (χ1v) is 7.69. The summed E-state index contributed by atoms with van der Waals surface area (Å²) in [5, 5.41) is 5.31. The quantitative estimate of drug-likeness (QED) is 0.802. The Kier molecular flexibility index (Phi) is 5.58. The molecule has 8 nitrogen and oxygen atoms in total. The molecule has 10 heteroatoms. The SMILES string of the molecule is CCOC(=O)c1n[nH]c(=O)n(-c2cc(OC(C)C)c(Cl)cc2F)c1=O. The van der Waals surface area contributed by atoms with Crippen molar-refractivity contribution in [3.63, 3.8) is 0 Å². The molecule has 0 saturated heterocycles. The van der Waals surface area contributed by atoms with Crippen LogP contribution in [0.4, 0.5) is 4.39 Å². The first kappa shape index (κ1) is 18.7. The summed E-state index contributed by atoms with van der Waals surface area (Å²) in [6.45, 7) is 4.99. The van der Waals surface area contributed by atoms with E-state index in [2.05, 4.69) is 9.84 Å². The summed E-state index contributed by atoms with van der Waals surface area (Å²) < 4.78 is 24.8. The maximum atomic E-state index is 14.3. The van der Waals surface area contributed by atoms with E-state index >= 15 is 0 Å². The Morgan fingerprint density at radius 3 is 2.68 bits per heavy atom. The monoisotopic (exact) mass is 371 g/mol. The van der Waals surface area contributed by atoms with Crippen LogP contribution in [0.5, 0.6) is 5.75 Å². The second-order valence-corrected chi connectivity index (χ2v) is 5.55. The predicted octanol–water partition coefficient (Wildman–Crippen LogP) is 1.68. The molecule has 0 fully saturated rings. The van der Waals surface area contributed by atoms with Gasteiger partial charge < -0.3 is 9.47 Å². The fourth-order valence-corrected chi connectivity index (χ4v) is 2.18. The minimum absolute atomic E-state index is 0.000756. The smallest absolute Gasteiger partial charge is 0.364 e. The molecule has 1 aromatic carbocycles. The molecule has 2 aromatic rings. The van der Waals surface area contributed by atoms with Crippen molar-refractivity contribution < 1.29 is 18.7 Å². The van der Waals surface area contributed by atoms with Crippen LogP contribution in [0.2, 0.25) is 5.02 Å². The number of aromatic amines is 1. The maximum absolute atomic E-state index is 14.3. The highest BCUT2D eigenvalue weighted by molar-refractivity contribution is 6.32. The second kappa shape index (κ2) is 7.47. The number of rotatable bonds is 5. The van der Waals surface area contributed by atoms with Gasteiger partial charge in [0.15, 0.2) is 0 Å². The van der Waals surface area contributed by atoms with Gasteiger partial charge in [0.25, 0.3) is 5.56 Å². The third-order valence-electron chi connectivity index (χ3n) is 2.95. The zero-order valence-corrected chi connectivity index (χ0v) is 14.4. The van der Waals surface area contributed by atoms with Crippen LogP contribution in [0.1, 0.15) is 31.3 Å². The molecule has 0 aliphatic heterocycles. The van der Waals surface area contributed by atoms with Gasteiger partial charge in [-0.3, -0.25) is 4.79 Å². The fraction of sp³-hybridized carbons (Fsp3) is 0.333. The van der Waals surface area contributed by atoms with Crippen molar-refractivity contribution in [2.24, 2.45) is 0 Å². The van der Waals surface area contributed by atoms with Crippen molar-refractivity contribution in [1.82, 2.24) is 14.8 Å². The summed E-state index contributed by atoms with van der Waals surface area (Å²) in [6, 6.07) is 2.01. The molecule has 0 saturated carbocycles. The number of benzene rings is 1. The minimum Gasteiger partial charge on any atom is -0.489 e. The topological polar surface area (TPSA) is 103 Å². The number of nitrogens with one attached hydrogen (secondary N) is 1. The first-order valence-electron chi connectivity index (χ1n) is 7.31. The first-order chi connectivity index (χ1) is 11.8. The van der Waals surface area contributed by atoms with Crippen LogP contribution < -0.4 is 16.0 Å². The predicted molar refractivity (Wildman–Crippen MR) is 87.1 cm³/mol. The minimum atomic E-state index is -1.13. The molecule has 0 aliphatic rings. The Morgan fingerprint density at radius 1 is 1.40 bits per heavy atom. The molecule has 25 heavy (non-hydrogen) atoms. The average Bonchev–Trinajstić information content (AvgIpc) is 2.51. The van der Waals surface area contributed by atoms with E-state index in [1.807, 2.05) is 5.10 Å². The van der Waals surface area contributed by atoms with Crippen LogP contribution in [-0.2, 0) is 4.74 Å². The van der Waals surface area contributed by atoms with Crippen molar-refractivity contribution in [2.45, 2.75) is 26.9 Å². The average molecular weight is 372 g/mol. The molecule has 1 N–H and O–H groups in total. The molecular weight excluding hydrogens is 357 g/mol. The molecule has 0 spiro atoms. The van der Waals surface area contributed by atoms with E-state index in [-0.39, 0.29) is 23.5 Å². The highest BCUT2D eigenvalue weighted by Crippen LogP contribution is 2.29. The third-order valence-corrected chi connectivity index (χ3v) is 3.24. The van der Waals surface area contributed by atoms with Crippen molar-refractivity contribution in [3.05, 3.63) is 49.5 Å². The van der Waals surface area contributed by atoms with Crippen LogP contribution in [0.25, 0.3) is 5.69 Å². The van der Waals surface area contributed by atoms with Gasteiger partial charge in [-0.1, -0.05) is 11.6 Å². The lowest BCUT2D eigenvalue weighted by Gasteiger charge is -2.14. The molecule has 134 valence electrons. The second-order valence-electron chi connectivity index (χ2n) is 5.14. The Hall–Kier alpha value is -2.68. The molecule has 0 bridgehead atoms. The zero-order chi connectivity index (χ0) is 18.7. The zero-order valence-electron chi connectivity index (χ0n) is 13.6. The molecule has 0 atom stereocenters. The van der Waals surface area contributed by atoms with Crippen molar-refractivity contribution in [3.8, 4) is 11.4 Å². The Labute approximate surface area is 146 Å². The molecular formula is C15H15ClFN3O5. The number of ether oxygens (including phenoxy) is 2. The number of halogens is 2. The van der Waals surface area contributed by atoms with E-state index in [4.69, 9.17) is 16.3 Å². The van der Waals surface area contributed by atoms with Crippen LogP contribution in [-0.4, -0.2) is 33.4 Å². The molecule has 0 amide bonds. The lowest BCUT2D eigenvalue weighted by molar-refractivity contribution is 0.0514. The van der Waals surface area contributed by atoms with Crippen LogP contribution in [0.3, 0.4) is 0 Å². The van der Waals surface area contributed by atoms with Crippen LogP contribution in [0, 0.1) is 5.82 Å². The number of hydrogen-bond donors (Lipinski definition) is 1. The highest BCUT2D eigenvalue weighted by atomic mass is 35.5. The van der Waals surface area contributed by atoms with E-state index in [0.29, 0.717) is 4.57 Å². The highest BCUT2D eigenvalue weighted by Gasteiger charge is 2.22. The summed E-state index contributed by atoms with van der Waals surface area (Å²) in [7, 11) is 0. The number of carbonyl (C=O) groups is 1. The molecule has 0 aliphatic carbocycles. The fourth-order valence-electron chi connectivity index (χ4n) is 1.98. The number of nitrogens with zero attached hydrogens (tertiary/aromatic N) is 2. The van der Waals surface area contributed by atoms with Gasteiger partial charge in [0.05, 0.1) is 23.4 Å². The maximum Gasteiger partial charge on any atom is 0.364 e. The molecule has 2 rings (SSSR count). The summed E-state index contributed by atoms with van der Waals surface area (Å²) in [5.74, 6) is -1.91. The van der Waals surface area contributed by atoms with E-state index in [0.717, 1.165) is 12.1 Å². The van der Waals surface area contributed by atoms with Gasteiger partial charge in [-0.25, -0.2) is 23.6 Å². The summed E-state index contributed by atoms with van der Waals surface area (Å²) in [6.07, 6.45) is -0.279. The molecule has 0 unspecified atom stereocenters. The molecule has 1 aromatic heterocycles. The normalized spacial score (nSPS) is 10.8. The number of aromatic nitrogens is 3. The number of esters is 1. The largest absolute Gasteiger partial charge is 0.489 e. The van der Waals surface area contributed by atoms with Gasteiger partial charge in [0, 0.05) is 6.07 Å². The van der Waals surface area contributed by atoms with E-state index < -0.39 is 34.4 Å². The van der Waals surface area contributed by atoms with Crippen LogP contribution >= 0.6 is 11.6 Å². The Balaban J connectivity index is 2.70. The van der Waals surface area contributed by atoms with Gasteiger partial charge in [0.1, 0.15) is 11.6 Å². The van der Waals surface area contributed by atoms with E-state index in [1.54, 1.807) is 13.8 Å². The van der Waals surface area contributed by atoms with Crippen molar-refractivity contribution >= 4 is 17.6 Å². The lowest BCUT2D eigenvalue weighted by Crippen LogP contribution is -2.39. The summed E-state index contributed by atoms with van der Waals surface area (Å²) >= 11 is 5.91. The number of H-pyrrole nitrogens is 1. The standard InChI is InChI=1S/C15H15ClFN3O5/c1-4-24-14(22)12-13(21)20(15(23)19-18-12)10-6-11(25-7(2)3)8(16)5-9(10)17/h5-7H,4H2,1-3H3,(H,19,23). The summed E-state index contributed by atoms with van der Waals surface area (Å²) in [4.78, 5) is 36.2. The van der Waals surface area contributed by atoms with Crippen molar-refractivity contribution in [1.29, 1.82) is 0 Å². The molecule has 0 radical (unpaired) electrons. The van der Waals surface area contributed by atoms with Crippen LogP contribution in [0.15, 0.2) is 21.7 Å². The Bertz CT molecular complexity index is 922. The molecule has 1 heterocycles. The lowest BCUT2D eigenvalue weighted by atomic mass is 10.2.